The van der Waals surface area contributed by atoms with Crippen LogP contribution in [-0.2, 0) is 6.54 Å². The second-order valence-corrected chi connectivity index (χ2v) is 4.94. The molecule has 0 amide bonds. The second-order valence-electron chi connectivity index (χ2n) is 3.91. The van der Waals surface area contributed by atoms with E-state index in [0.717, 1.165) is 26.8 Å². The zero-order valence-electron chi connectivity index (χ0n) is 9.61. The SMILES string of the molecule is Cc1cc(CNc2nc3ccc(F)cc3s2)no1. The van der Waals surface area contributed by atoms with Crippen LogP contribution < -0.4 is 5.32 Å². The highest BCUT2D eigenvalue weighted by Gasteiger charge is 2.06. The summed E-state index contributed by atoms with van der Waals surface area (Å²) in [7, 11) is 0. The molecule has 92 valence electrons. The van der Waals surface area contributed by atoms with Gasteiger partial charge in [0.1, 0.15) is 17.3 Å². The third kappa shape index (κ3) is 2.19. The number of nitrogens with zero attached hydrogens (tertiary/aromatic N) is 2. The molecule has 1 aromatic carbocycles. The summed E-state index contributed by atoms with van der Waals surface area (Å²) in [6.07, 6.45) is 0. The predicted octanol–water partition coefficient (Wildman–Crippen LogP) is 3.34. The fraction of sp³-hybridized carbons (Fsp3) is 0.167. The smallest absolute Gasteiger partial charge is 0.184 e. The number of anilines is 1. The third-order valence-electron chi connectivity index (χ3n) is 2.45. The van der Waals surface area contributed by atoms with E-state index in [0.29, 0.717) is 6.54 Å². The van der Waals surface area contributed by atoms with E-state index in [1.807, 2.05) is 13.0 Å². The van der Waals surface area contributed by atoms with Gasteiger partial charge in [-0.1, -0.05) is 16.5 Å². The van der Waals surface area contributed by atoms with E-state index in [-0.39, 0.29) is 5.82 Å². The van der Waals surface area contributed by atoms with Gasteiger partial charge in [-0.2, -0.15) is 0 Å². The number of aromatic nitrogens is 2. The van der Waals surface area contributed by atoms with Crippen molar-refractivity contribution in [2.75, 3.05) is 5.32 Å². The molecule has 18 heavy (non-hydrogen) atoms. The normalized spacial score (nSPS) is 11.0. The van der Waals surface area contributed by atoms with E-state index in [4.69, 9.17) is 4.52 Å². The zero-order chi connectivity index (χ0) is 12.5. The Bertz CT molecular complexity index is 692. The van der Waals surface area contributed by atoms with E-state index in [9.17, 15) is 4.39 Å². The maximum Gasteiger partial charge on any atom is 0.184 e. The van der Waals surface area contributed by atoms with Crippen molar-refractivity contribution in [2.24, 2.45) is 0 Å². The molecule has 0 fully saturated rings. The summed E-state index contributed by atoms with van der Waals surface area (Å²) in [6, 6.07) is 6.43. The van der Waals surface area contributed by atoms with Crippen LogP contribution in [-0.4, -0.2) is 10.1 Å². The molecule has 0 aliphatic carbocycles. The fourth-order valence-electron chi connectivity index (χ4n) is 1.64. The summed E-state index contributed by atoms with van der Waals surface area (Å²) in [6.45, 7) is 2.39. The van der Waals surface area contributed by atoms with Crippen molar-refractivity contribution in [3.8, 4) is 0 Å². The summed E-state index contributed by atoms with van der Waals surface area (Å²) >= 11 is 1.42. The molecule has 0 aliphatic rings. The Morgan fingerprint density at radius 3 is 3.06 bits per heavy atom. The zero-order valence-corrected chi connectivity index (χ0v) is 10.4. The molecular weight excluding hydrogens is 253 g/mol. The Labute approximate surface area is 106 Å². The number of rotatable bonds is 3. The molecule has 0 spiro atoms. The Kier molecular flexibility index (Phi) is 2.71. The molecular formula is C12H10FN3OS. The number of fused-ring (bicyclic) bond motifs is 1. The lowest BCUT2D eigenvalue weighted by molar-refractivity contribution is 0.391. The lowest BCUT2D eigenvalue weighted by Crippen LogP contribution is -1.98. The van der Waals surface area contributed by atoms with Gasteiger partial charge in [-0.05, 0) is 25.1 Å². The van der Waals surface area contributed by atoms with Gasteiger partial charge in [-0.3, -0.25) is 0 Å². The van der Waals surface area contributed by atoms with Crippen molar-refractivity contribution in [3.63, 3.8) is 0 Å². The summed E-state index contributed by atoms with van der Waals surface area (Å²) in [5.41, 5.74) is 1.61. The van der Waals surface area contributed by atoms with Crippen LogP contribution in [0.2, 0.25) is 0 Å². The minimum absolute atomic E-state index is 0.246. The topological polar surface area (TPSA) is 51.0 Å². The molecule has 0 saturated heterocycles. The van der Waals surface area contributed by atoms with Gasteiger partial charge in [0.2, 0.25) is 0 Å². The van der Waals surface area contributed by atoms with Gasteiger partial charge in [-0.15, -0.1) is 0 Å². The highest BCUT2D eigenvalue weighted by Crippen LogP contribution is 2.26. The molecule has 0 unspecified atom stereocenters. The average Bonchev–Trinajstić information content (AvgIpc) is 2.92. The van der Waals surface area contributed by atoms with E-state index in [1.54, 1.807) is 6.07 Å². The lowest BCUT2D eigenvalue weighted by atomic mass is 10.3. The molecule has 2 heterocycles. The number of benzene rings is 1. The average molecular weight is 263 g/mol. The van der Waals surface area contributed by atoms with Gasteiger partial charge in [-0.25, -0.2) is 9.37 Å². The lowest BCUT2D eigenvalue weighted by Gasteiger charge is -1.96. The summed E-state index contributed by atoms with van der Waals surface area (Å²) in [4.78, 5) is 4.36. The number of hydrogen-bond acceptors (Lipinski definition) is 5. The predicted molar refractivity (Wildman–Crippen MR) is 68.1 cm³/mol. The van der Waals surface area contributed by atoms with Crippen LogP contribution in [0.3, 0.4) is 0 Å². The summed E-state index contributed by atoms with van der Waals surface area (Å²) < 4.78 is 18.8. The number of hydrogen-bond donors (Lipinski definition) is 1. The van der Waals surface area contributed by atoms with Crippen molar-refractivity contribution >= 4 is 26.7 Å². The first-order valence-corrected chi connectivity index (χ1v) is 6.24. The molecule has 2 aromatic heterocycles. The number of thiazole rings is 1. The largest absolute Gasteiger partial charge is 0.361 e. The monoisotopic (exact) mass is 263 g/mol. The minimum Gasteiger partial charge on any atom is -0.361 e. The third-order valence-corrected chi connectivity index (χ3v) is 3.42. The van der Waals surface area contributed by atoms with Crippen LogP contribution in [0.25, 0.3) is 10.2 Å². The van der Waals surface area contributed by atoms with Gasteiger partial charge in [0, 0.05) is 6.07 Å². The fourth-order valence-corrected chi connectivity index (χ4v) is 2.53. The number of halogens is 1. The molecule has 4 nitrogen and oxygen atoms in total. The van der Waals surface area contributed by atoms with Crippen molar-refractivity contribution in [3.05, 3.63) is 41.5 Å². The van der Waals surface area contributed by atoms with Crippen LogP contribution in [0.5, 0.6) is 0 Å². The molecule has 3 aromatic rings. The Hall–Kier alpha value is -1.95. The molecule has 0 saturated carbocycles. The van der Waals surface area contributed by atoms with Crippen LogP contribution in [0, 0.1) is 12.7 Å². The number of nitrogens with one attached hydrogen (secondary N) is 1. The molecule has 0 aliphatic heterocycles. The van der Waals surface area contributed by atoms with Gasteiger partial charge in [0.05, 0.1) is 16.8 Å². The van der Waals surface area contributed by atoms with Crippen molar-refractivity contribution < 1.29 is 8.91 Å². The number of aryl methyl sites for hydroxylation is 1. The van der Waals surface area contributed by atoms with Gasteiger partial charge in [0.15, 0.2) is 5.13 Å². The highest BCUT2D eigenvalue weighted by molar-refractivity contribution is 7.22. The second kappa shape index (κ2) is 4.38. The van der Waals surface area contributed by atoms with Crippen molar-refractivity contribution in [2.45, 2.75) is 13.5 Å². The summed E-state index contributed by atoms with van der Waals surface area (Å²) in [5.74, 6) is 0.531. The molecule has 0 radical (unpaired) electrons. The van der Waals surface area contributed by atoms with Crippen molar-refractivity contribution in [1.29, 1.82) is 0 Å². The highest BCUT2D eigenvalue weighted by atomic mass is 32.1. The quantitative estimate of drug-likeness (QED) is 0.787. The van der Waals surface area contributed by atoms with Crippen LogP contribution in [0.1, 0.15) is 11.5 Å². The molecule has 6 heteroatoms. The van der Waals surface area contributed by atoms with E-state index >= 15 is 0 Å². The van der Waals surface area contributed by atoms with Crippen LogP contribution in [0.15, 0.2) is 28.8 Å². The Balaban J connectivity index is 1.78. The standard InChI is InChI=1S/C12H10FN3OS/c1-7-4-9(16-17-7)6-14-12-15-10-3-2-8(13)5-11(10)18-12/h2-5H,6H2,1H3,(H,14,15). The maximum atomic E-state index is 13.0. The minimum atomic E-state index is -0.246. The molecule has 0 bridgehead atoms. The van der Waals surface area contributed by atoms with Crippen molar-refractivity contribution in [1.82, 2.24) is 10.1 Å². The van der Waals surface area contributed by atoms with Crippen LogP contribution >= 0.6 is 11.3 Å². The van der Waals surface area contributed by atoms with Gasteiger partial charge >= 0.3 is 0 Å². The van der Waals surface area contributed by atoms with Gasteiger partial charge < -0.3 is 9.84 Å². The van der Waals surface area contributed by atoms with E-state index < -0.39 is 0 Å². The van der Waals surface area contributed by atoms with E-state index in [1.165, 1.54) is 23.5 Å². The summed E-state index contributed by atoms with van der Waals surface area (Å²) in [5, 5.41) is 7.77. The van der Waals surface area contributed by atoms with E-state index in [2.05, 4.69) is 15.5 Å². The molecule has 0 atom stereocenters. The molecule has 1 N–H and O–H groups in total. The Morgan fingerprint density at radius 2 is 2.28 bits per heavy atom. The Morgan fingerprint density at radius 1 is 1.39 bits per heavy atom. The van der Waals surface area contributed by atoms with Crippen LogP contribution in [0.4, 0.5) is 9.52 Å². The molecule has 3 rings (SSSR count). The first-order valence-electron chi connectivity index (χ1n) is 5.43. The first-order chi connectivity index (χ1) is 8.70. The van der Waals surface area contributed by atoms with Gasteiger partial charge in [0.25, 0.3) is 0 Å². The first kappa shape index (κ1) is 11.2. The maximum absolute atomic E-state index is 13.0.